The van der Waals surface area contributed by atoms with E-state index in [1.165, 1.54) is 31.4 Å². The smallest absolute Gasteiger partial charge is 0.339 e. The molecule has 0 fully saturated rings. The van der Waals surface area contributed by atoms with Crippen LogP contribution in [0.5, 0.6) is 11.5 Å². The van der Waals surface area contributed by atoms with Crippen LogP contribution in [0, 0.1) is 0 Å². The SMILES string of the molecule is COc1ccc(NC(=O)[C@@H](OC(=O)c2ccc(O)cc2)c2ccccc2)cc1Cl. The molecule has 0 saturated heterocycles. The van der Waals surface area contributed by atoms with Crippen molar-refractivity contribution in [1.29, 1.82) is 0 Å². The van der Waals surface area contributed by atoms with Gasteiger partial charge in [0, 0.05) is 11.3 Å². The number of carbonyl (C=O) groups is 2. The van der Waals surface area contributed by atoms with E-state index in [1.54, 1.807) is 48.5 Å². The Morgan fingerprint density at radius 2 is 1.69 bits per heavy atom. The number of amides is 1. The number of halogens is 1. The predicted octanol–water partition coefficient (Wildman–Crippen LogP) is 4.59. The van der Waals surface area contributed by atoms with Crippen LogP contribution < -0.4 is 10.1 Å². The fraction of sp³-hybridized carbons (Fsp3) is 0.0909. The van der Waals surface area contributed by atoms with Crippen LogP contribution in [-0.2, 0) is 9.53 Å². The molecule has 0 unspecified atom stereocenters. The Bertz CT molecular complexity index is 1010. The second kappa shape index (κ2) is 9.12. The second-order valence-corrected chi connectivity index (χ2v) is 6.49. The number of hydrogen-bond acceptors (Lipinski definition) is 5. The molecule has 0 saturated carbocycles. The van der Waals surface area contributed by atoms with E-state index in [-0.39, 0.29) is 11.3 Å². The second-order valence-electron chi connectivity index (χ2n) is 6.08. The summed E-state index contributed by atoms with van der Waals surface area (Å²) in [6, 6.07) is 19.0. The molecular weight excluding hydrogens is 394 g/mol. The molecule has 0 aliphatic heterocycles. The summed E-state index contributed by atoms with van der Waals surface area (Å²) in [5.74, 6) is -0.732. The fourth-order valence-corrected chi connectivity index (χ4v) is 2.88. The zero-order valence-electron chi connectivity index (χ0n) is 15.5. The minimum absolute atomic E-state index is 0.0234. The van der Waals surface area contributed by atoms with E-state index in [4.69, 9.17) is 21.1 Å². The van der Waals surface area contributed by atoms with Crippen LogP contribution in [0.3, 0.4) is 0 Å². The number of ether oxygens (including phenoxy) is 2. The molecule has 6 nitrogen and oxygen atoms in total. The summed E-state index contributed by atoms with van der Waals surface area (Å²) in [7, 11) is 1.49. The Hall–Kier alpha value is -3.51. The molecule has 29 heavy (non-hydrogen) atoms. The van der Waals surface area contributed by atoms with Crippen molar-refractivity contribution in [3.05, 3.63) is 88.9 Å². The number of rotatable bonds is 6. The first kappa shape index (κ1) is 20.2. The van der Waals surface area contributed by atoms with Gasteiger partial charge in [0.05, 0.1) is 17.7 Å². The zero-order valence-corrected chi connectivity index (χ0v) is 16.2. The lowest BCUT2D eigenvalue weighted by atomic mass is 10.1. The number of benzene rings is 3. The van der Waals surface area contributed by atoms with Gasteiger partial charge in [0.25, 0.3) is 5.91 Å². The Morgan fingerprint density at radius 3 is 2.31 bits per heavy atom. The Balaban J connectivity index is 1.83. The monoisotopic (exact) mass is 411 g/mol. The van der Waals surface area contributed by atoms with Crippen molar-refractivity contribution in [2.45, 2.75) is 6.10 Å². The van der Waals surface area contributed by atoms with Gasteiger partial charge in [-0.1, -0.05) is 41.9 Å². The van der Waals surface area contributed by atoms with Crippen molar-refractivity contribution >= 4 is 29.2 Å². The average molecular weight is 412 g/mol. The van der Waals surface area contributed by atoms with E-state index >= 15 is 0 Å². The molecule has 1 amide bonds. The van der Waals surface area contributed by atoms with Crippen LogP contribution in [0.1, 0.15) is 22.0 Å². The number of hydrogen-bond donors (Lipinski definition) is 2. The molecule has 0 spiro atoms. The first-order valence-corrected chi connectivity index (χ1v) is 9.05. The molecule has 7 heteroatoms. The quantitative estimate of drug-likeness (QED) is 0.579. The van der Waals surface area contributed by atoms with Crippen LogP contribution in [0.25, 0.3) is 0 Å². The van der Waals surface area contributed by atoms with Gasteiger partial charge in [-0.25, -0.2) is 4.79 Å². The van der Waals surface area contributed by atoms with Gasteiger partial charge in [-0.15, -0.1) is 0 Å². The van der Waals surface area contributed by atoms with Gasteiger partial charge in [0.1, 0.15) is 11.5 Å². The molecule has 0 aromatic heterocycles. The van der Waals surface area contributed by atoms with Crippen LogP contribution in [0.15, 0.2) is 72.8 Å². The Labute approximate surface area is 172 Å². The number of phenols is 1. The zero-order chi connectivity index (χ0) is 20.8. The number of methoxy groups -OCH3 is 1. The first-order valence-electron chi connectivity index (χ1n) is 8.67. The van der Waals surface area contributed by atoms with Crippen LogP contribution >= 0.6 is 11.6 Å². The lowest BCUT2D eigenvalue weighted by Gasteiger charge is -2.18. The van der Waals surface area contributed by atoms with Gasteiger partial charge in [-0.3, -0.25) is 4.79 Å². The molecule has 3 aromatic carbocycles. The molecule has 0 aliphatic rings. The van der Waals surface area contributed by atoms with E-state index in [1.807, 2.05) is 0 Å². The molecule has 3 rings (SSSR count). The van der Waals surface area contributed by atoms with E-state index in [0.29, 0.717) is 22.0 Å². The molecule has 2 N–H and O–H groups in total. The largest absolute Gasteiger partial charge is 0.508 e. The topological polar surface area (TPSA) is 84.9 Å². The van der Waals surface area contributed by atoms with Gasteiger partial charge in [-0.2, -0.15) is 0 Å². The lowest BCUT2D eigenvalue weighted by molar-refractivity contribution is -0.125. The van der Waals surface area contributed by atoms with Crippen molar-refractivity contribution in [2.24, 2.45) is 0 Å². The number of carbonyl (C=O) groups excluding carboxylic acids is 2. The number of phenolic OH excluding ortho intramolecular Hbond substituents is 1. The highest BCUT2D eigenvalue weighted by Gasteiger charge is 2.26. The fourth-order valence-electron chi connectivity index (χ4n) is 2.63. The standard InChI is InChI=1S/C22H18ClNO5/c1-28-19-12-9-16(13-18(19)23)24-21(26)20(14-5-3-2-4-6-14)29-22(27)15-7-10-17(25)11-8-15/h2-13,20,25H,1H3,(H,24,26)/t20-/m0/s1. The number of esters is 1. The lowest BCUT2D eigenvalue weighted by Crippen LogP contribution is -2.26. The van der Waals surface area contributed by atoms with E-state index in [2.05, 4.69) is 5.32 Å². The Morgan fingerprint density at radius 1 is 1.00 bits per heavy atom. The molecule has 148 valence electrons. The Kier molecular flexibility index (Phi) is 6.36. The van der Waals surface area contributed by atoms with Gasteiger partial charge in [-0.05, 0) is 42.5 Å². The maximum Gasteiger partial charge on any atom is 0.339 e. The third-order valence-electron chi connectivity index (χ3n) is 4.09. The van der Waals surface area contributed by atoms with Crippen LogP contribution in [-0.4, -0.2) is 24.1 Å². The number of aromatic hydroxyl groups is 1. The number of nitrogens with one attached hydrogen (secondary N) is 1. The summed E-state index contributed by atoms with van der Waals surface area (Å²) in [6.07, 6.45) is -1.18. The van der Waals surface area contributed by atoms with Gasteiger partial charge in [0.15, 0.2) is 0 Å². The number of anilines is 1. The molecule has 0 bridgehead atoms. The van der Waals surface area contributed by atoms with Crippen LogP contribution in [0.4, 0.5) is 5.69 Å². The summed E-state index contributed by atoms with van der Waals surface area (Å²) in [5, 5.41) is 12.4. The van der Waals surface area contributed by atoms with Crippen molar-refractivity contribution in [2.75, 3.05) is 12.4 Å². The average Bonchev–Trinajstić information content (AvgIpc) is 2.73. The van der Waals surface area contributed by atoms with Gasteiger partial charge in [0.2, 0.25) is 6.10 Å². The maximum absolute atomic E-state index is 12.9. The molecule has 0 heterocycles. The highest BCUT2D eigenvalue weighted by Crippen LogP contribution is 2.28. The minimum Gasteiger partial charge on any atom is -0.508 e. The van der Waals surface area contributed by atoms with Crippen molar-refractivity contribution < 1.29 is 24.2 Å². The van der Waals surface area contributed by atoms with Crippen molar-refractivity contribution in [1.82, 2.24) is 0 Å². The summed E-state index contributed by atoms with van der Waals surface area (Å²) in [6.45, 7) is 0. The van der Waals surface area contributed by atoms with Gasteiger partial charge >= 0.3 is 5.97 Å². The summed E-state index contributed by atoms with van der Waals surface area (Å²) >= 11 is 6.10. The van der Waals surface area contributed by atoms with Gasteiger partial charge < -0.3 is 19.9 Å². The van der Waals surface area contributed by atoms with E-state index < -0.39 is 18.0 Å². The summed E-state index contributed by atoms with van der Waals surface area (Å²) < 4.78 is 10.6. The minimum atomic E-state index is -1.18. The normalized spacial score (nSPS) is 11.4. The maximum atomic E-state index is 12.9. The summed E-state index contributed by atoms with van der Waals surface area (Å²) in [4.78, 5) is 25.4. The predicted molar refractivity (Wildman–Crippen MR) is 109 cm³/mol. The van der Waals surface area contributed by atoms with Crippen molar-refractivity contribution in [3.8, 4) is 11.5 Å². The van der Waals surface area contributed by atoms with Crippen LogP contribution in [0.2, 0.25) is 5.02 Å². The summed E-state index contributed by atoms with van der Waals surface area (Å²) in [5.41, 5.74) is 1.16. The molecule has 3 aromatic rings. The highest BCUT2D eigenvalue weighted by atomic mass is 35.5. The van der Waals surface area contributed by atoms with E-state index in [9.17, 15) is 14.7 Å². The third-order valence-corrected chi connectivity index (χ3v) is 4.38. The third kappa shape index (κ3) is 5.06. The molecule has 0 aliphatic carbocycles. The van der Waals surface area contributed by atoms with E-state index in [0.717, 1.165) is 0 Å². The first-order chi connectivity index (χ1) is 14.0. The molecule has 0 radical (unpaired) electrons. The highest BCUT2D eigenvalue weighted by molar-refractivity contribution is 6.32. The molecule has 1 atom stereocenters. The van der Waals surface area contributed by atoms with Crippen molar-refractivity contribution in [3.63, 3.8) is 0 Å². The molecular formula is C22H18ClNO5.